The molecule has 0 radical (unpaired) electrons. The highest BCUT2D eigenvalue weighted by Gasteiger charge is 2.42. The summed E-state index contributed by atoms with van der Waals surface area (Å²) in [5.41, 5.74) is 0. The van der Waals surface area contributed by atoms with Gasteiger partial charge in [-0.3, -0.25) is 4.79 Å². The summed E-state index contributed by atoms with van der Waals surface area (Å²) in [6, 6.07) is 3.98. The van der Waals surface area contributed by atoms with Crippen LogP contribution in [0.3, 0.4) is 0 Å². The summed E-state index contributed by atoms with van der Waals surface area (Å²) in [5, 5.41) is 0. The molecule has 2 saturated heterocycles. The van der Waals surface area contributed by atoms with Gasteiger partial charge in [-0.1, -0.05) is 6.92 Å². The molecule has 1 aromatic heterocycles. The van der Waals surface area contributed by atoms with Crippen LogP contribution in [0.4, 0.5) is 0 Å². The van der Waals surface area contributed by atoms with Crippen LogP contribution in [0, 0.1) is 0 Å². The molecule has 0 atom stereocenters. The molecule has 3 heterocycles. The average molecular weight is 281 g/mol. The number of piperidine rings is 1. The van der Waals surface area contributed by atoms with E-state index in [1.54, 1.807) is 11.3 Å². The summed E-state index contributed by atoms with van der Waals surface area (Å²) in [6.45, 7) is 4.75. The molecule has 19 heavy (non-hydrogen) atoms. The Bertz CT molecular complexity index is 465. The molecule has 4 nitrogen and oxygen atoms in total. The van der Waals surface area contributed by atoms with Gasteiger partial charge in [0.05, 0.1) is 24.6 Å². The standard InChI is InChI=1S/C14H19NO3S/c1-2-11-4-5-12(19-11)13(16)15-7-3-6-14(10-15)17-8-9-18-14/h4-5H,2-3,6-10H2,1H3. The largest absolute Gasteiger partial charge is 0.346 e. The molecule has 0 unspecified atom stereocenters. The summed E-state index contributed by atoms with van der Waals surface area (Å²) < 4.78 is 11.4. The van der Waals surface area contributed by atoms with Crippen molar-refractivity contribution in [3.63, 3.8) is 0 Å². The lowest BCUT2D eigenvalue weighted by Crippen LogP contribution is -2.50. The smallest absolute Gasteiger partial charge is 0.264 e. The highest BCUT2D eigenvalue weighted by atomic mass is 32.1. The summed E-state index contributed by atoms with van der Waals surface area (Å²) >= 11 is 1.59. The van der Waals surface area contributed by atoms with Crippen LogP contribution in [0.15, 0.2) is 12.1 Å². The predicted octanol–water partition coefficient (Wildman–Crippen LogP) is 2.29. The lowest BCUT2D eigenvalue weighted by molar-refractivity contribution is -0.183. The first-order valence-electron chi connectivity index (χ1n) is 6.88. The maximum atomic E-state index is 12.5. The summed E-state index contributed by atoms with van der Waals surface area (Å²) in [6.07, 6.45) is 2.81. The van der Waals surface area contributed by atoms with Crippen LogP contribution in [-0.4, -0.2) is 42.9 Å². The monoisotopic (exact) mass is 281 g/mol. The van der Waals surface area contributed by atoms with Crippen LogP contribution >= 0.6 is 11.3 Å². The van der Waals surface area contributed by atoms with Gasteiger partial charge in [-0.15, -0.1) is 11.3 Å². The van der Waals surface area contributed by atoms with E-state index in [4.69, 9.17) is 9.47 Å². The van der Waals surface area contributed by atoms with Gasteiger partial charge in [0.15, 0.2) is 5.79 Å². The zero-order chi connectivity index (χ0) is 13.3. The van der Waals surface area contributed by atoms with Crippen LogP contribution in [0.2, 0.25) is 0 Å². The summed E-state index contributed by atoms with van der Waals surface area (Å²) in [7, 11) is 0. The Kier molecular flexibility index (Phi) is 3.60. The van der Waals surface area contributed by atoms with Crippen molar-refractivity contribution < 1.29 is 14.3 Å². The van der Waals surface area contributed by atoms with E-state index in [-0.39, 0.29) is 5.91 Å². The van der Waals surface area contributed by atoms with E-state index < -0.39 is 5.79 Å². The van der Waals surface area contributed by atoms with Gasteiger partial charge in [0.25, 0.3) is 5.91 Å². The van der Waals surface area contributed by atoms with Crippen molar-refractivity contribution >= 4 is 17.2 Å². The van der Waals surface area contributed by atoms with E-state index in [1.165, 1.54) is 4.88 Å². The van der Waals surface area contributed by atoms with E-state index in [2.05, 4.69) is 6.92 Å². The first-order chi connectivity index (χ1) is 9.22. The van der Waals surface area contributed by atoms with Gasteiger partial charge in [0, 0.05) is 17.8 Å². The third-order valence-corrected chi connectivity index (χ3v) is 4.96. The predicted molar refractivity (Wildman–Crippen MR) is 73.5 cm³/mol. The molecular weight excluding hydrogens is 262 g/mol. The topological polar surface area (TPSA) is 38.8 Å². The number of aryl methyl sites for hydroxylation is 1. The SMILES string of the molecule is CCc1ccc(C(=O)N2CCCC3(C2)OCCO3)s1. The number of hydrogen-bond acceptors (Lipinski definition) is 4. The summed E-state index contributed by atoms with van der Waals surface area (Å²) in [4.78, 5) is 16.4. The minimum absolute atomic E-state index is 0.114. The maximum Gasteiger partial charge on any atom is 0.264 e. The van der Waals surface area contributed by atoms with Crippen molar-refractivity contribution in [1.82, 2.24) is 4.90 Å². The van der Waals surface area contributed by atoms with Crippen LogP contribution in [0.25, 0.3) is 0 Å². The molecular formula is C14H19NO3S. The number of hydrogen-bond donors (Lipinski definition) is 0. The molecule has 3 rings (SSSR count). The number of rotatable bonds is 2. The van der Waals surface area contributed by atoms with Crippen molar-refractivity contribution in [3.05, 3.63) is 21.9 Å². The lowest BCUT2D eigenvalue weighted by Gasteiger charge is -2.38. The zero-order valence-corrected chi connectivity index (χ0v) is 12.0. The normalized spacial score (nSPS) is 22.1. The molecule has 2 fully saturated rings. The number of amides is 1. The minimum atomic E-state index is -0.529. The van der Waals surface area contributed by atoms with Gasteiger partial charge in [-0.25, -0.2) is 0 Å². The Balaban J connectivity index is 1.72. The van der Waals surface area contributed by atoms with E-state index in [0.717, 1.165) is 30.7 Å². The molecule has 5 heteroatoms. The Labute approximate surface area is 117 Å². The average Bonchev–Trinajstić information content (AvgIpc) is 3.07. The fourth-order valence-electron chi connectivity index (χ4n) is 2.73. The van der Waals surface area contributed by atoms with E-state index in [0.29, 0.717) is 19.8 Å². The molecule has 1 spiro atoms. The second-order valence-electron chi connectivity index (χ2n) is 5.06. The number of carbonyl (C=O) groups excluding carboxylic acids is 1. The van der Waals surface area contributed by atoms with Crippen molar-refractivity contribution in [2.24, 2.45) is 0 Å². The molecule has 2 aliphatic heterocycles. The van der Waals surface area contributed by atoms with Crippen molar-refractivity contribution in [1.29, 1.82) is 0 Å². The van der Waals surface area contributed by atoms with Gasteiger partial charge < -0.3 is 14.4 Å². The Morgan fingerprint density at radius 2 is 2.21 bits per heavy atom. The van der Waals surface area contributed by atoms with Crippen molar-refractivity contribution in [2.45, 2.75) is 32.0 Å². The van der Waals surface area contributed by atoms with Gasteiger partial charge in [0.1, 0.15) is 0 Å². The summed E-state index contributed by atoms with van der Waals surface area (Å²) in [5.74, 6) is -0.415. The van der Waals surface area contributed by atoms with E-state index >= 15 is 0 Å². The van der Waals surface area contributed by atoms with Crippen LogP contribution in [0.5, 0.6) is 0 Å². The second-order valence-corrected chi connectivity index (χ2v) is 6.23. The van der Waals surface area contributed by atoms with Gasteiger partial charge in [0.2, 0.25) is 0 Å². The zero-order valence-electron chi connectivity index (χ0n) is 11.2. The molecule has 104 valence electrons. The number of likely N-dealkylation sites (tertiary alicyclic amines) is 1. The van der Waals surface area contributed by atoms with Crippen molar-refractivity contribution in [3.8, 4) is 0 Å². The Morgan fingerprint density at radius 1 is 1.42 bits per heavy atom. The number of ether oxygens (including phenoxy) is 2. The first kappa shape index (κ1) is 13.1. The molecule has 0 aliphatic carbocycles. The van der Waals surface area contributed by atoms with Crippen LogP contribution in [0.1, 0.15) is 34.3 Å². The molecule has 0 bridgehead atoms. The second kappa shape index (κ2) is 5.23. The molecule has 0 saturated carbocycles. The van der Waals surface area contributed by atoms with E-state index in [9.17, 15) is 4.79 Å². The quantitative estimate of drug-likeness (QED) is 0.835. The highest BCUT2D eigenvalue weighted by Crippen LogP contribution is 2.31. The Morgan fingerprint density at radius 3 is 2.89 bits per heavy atom. The maximum absolute atomic E-state index is 12.5. The van der Waals surface area contributed by atoms with Crippen molar-refractivity contribution in [2.75, 3.05) is 26.3 Å². The van der Waals surface area contributed by atoms with Crippen LogP contribution in [-0.2, 0) is 15.9 Å². The molecule has 0 aromatic carbocycles. The minimum Gasteiger partial charge on any atom is -0.346 e. The third-order valence-electron chi connectivity index (χ3n) is 3.74. The number of carbonyl (C=O) groups is 1. The van der Waals surface area contributed by atoms with Crippen LogP contribution < -0.4 is 0 Å². The third kappa shape index (κ3) is 2.55. The van der Waals surface area contributed by atoms with E-state index in [1.807, 2.05) is 17.0 Å². The number of nitrogens with zero attached hydrogens (tertiary/aromatic N) is 1. The molecule has 1 aromatic rings. The first-order valence-corrected chi connectivity index (χ1v) is 7.70. The molecule has 0 N–H and O–H groups in total. The van der Waals surface area contributed by atoms with Gasteiger partial charge >= 0.3 is 0 Å². The van der Waals surface area contributed by atoms with Gasteiger partial charge in [-0.05, 0) is 25.0 Å². The number of thiophene rings is 1. The van der Waals surface area contributed by atoms with Gasteiger partial charge in [-0.2, -0.15) is 0 Å². The Hall–Kier alpha value is -0.910. The molecule has 2 aliphatic rings. The fourth-order valence-corrected chi connectivity index (χ4v) is 3.65. The highest BCUT2D eigenvalue weighted by molar-refractivity contribution is 7.14. The molecule has 1 amide bonds. The fraction of sp³-hybridized carbons (Fsp3) is 0.643. The lowest BCUT2D eigenvalue weighted by atomic mass is 10.0.